The molecule has 0 unspecified atom stereocenters. The number of amides is 1. The number of carbonyl (C=O) groups is 1. The number of halogens is 1. The Labute approximate surface area is 134 Å². The van der Waals surface area contributed by atoms with Gasteiger partial charge >= 0.3 is 0 Å². The second-order valence-corrected chi connectivity index (χ2v) is 6.28. The maximum absolute atomic E-state index is 11.9. The van der Waals surface area contributed by atoms with E-state index in [1.165, 1.54) is 6.92 Å². The van der Waals surface area contributed by atoms with Gasteiger partial charge in [0, 0.05) is 26.1 Å². The monoisotopic (exact) mass is 363 g/mol. The van der Waals surface area contributed by atoms with Gasteiger partial charge in [-0.15, -0.1) is 0 Å². The predicted octanol–water partition coefficient (Wildman–Crippen LogP) is 1.63. The number of β-amino-alcohol motifs (C(OH)–C–C–N with tert-alkyl or cyclic N) is 1. The molecule has 1 saturated heterocycles. The molecular weight excluding hydrogens is 350 g/mol. The zero-order valence-corrected chi connectivity index (χ0v) is 13.4. The topological polar surface area (TPSA) is 86.5 Å². The number of imidazole rings is 1. The molecule has 7 nitrogen and oxygen atoms in total. The summed E-state index contributed by atoms with van der Waals surface area (Å²) in [5.74, 6) is 0.675. The van der Waals surface area contributed by atoms with E-state index in [0.29, 0.717) is 17.6 Å². The molecule has 0 saturated carbocycles. The van der Waals surface area contributed by atoms with Crippen molar-refractivity contribution >= 4 is 38.5 Å². The number of carbonyl (C=O) groups excluding carboxylic acids is 1. The number of nitrogens with one attached hydrogen (secondary N) is 1. The summed E-state index contributed by atoms with van der Waals surface area (Å²) >= 11 is 3.46. The molecule has 3 aromatic heterocycles. The fraction of sp³-hybridized carbons (Fsp3) is 0.357. The van der Waals surface area contributed by atoms with Gasteiger partial charge in [-0.05, 0) is 22.0 Å². The number of aliphatic hydroxyl groups is 1. The minimum absolute atomic E-state index is 0.0613. The van der Waals surface area contributed by atoms with Gasteiger partial charge in [0.1, 0.15) is 10.4 Å². The lowest BCUT2D eigenvalue weighted by molar-refractivity contribution is -0.130. The number of hydrogen-bond acceptors (Lipinski definition) is 4. The highest BCUT2D eigenvalue weighted by Gasteiger charge is 2.37. The molecule has 0 spiro atoms. The molecular formula is C14H14BrN5O2. The number of rotatable bonds is 1. The molecule has 0 bridgehead atoms. The Hall–Kier alpha value is -1.93. The molecule has 114 valence electrons. The quantitative estimate of drug-likeness (QED) is 0.687. The lowest BCUT2D eigenvalue weighted by atomic mass is 10.2. The Balaban J connectivity index is 1.98. The van der Waals surface area contributed by atoms with Crippen LogP contribution in [0, 0.1) is 0 Å². The van der Waals surface area contributed by atoms with Crippen LogP contribution in [0.3, 0.4) is 0 Å². The average molecular weight is 364 g/mol. The van der Waals surface area contributed by atoms with Crippen LogP contribution < -0.4 is 0 Å². The number of aromatic amines is 1. The van der Waals surface area contributed by atoms with Crippen molar-refractivity contribution in [2.45, 2.75) is 25.5 Å². The van der Waals surface area contributed by atoms with Gasteiger partial charge in [-0.1, -0.05) is 0 Å². The van der Waals surface area contributed by atoms with Gasteiger partial charge in [0.15, 0.2) is 5.65 Å². The fourth-order valence-electron chi connectivity index (χ4n) is 3.18. The van der Waals surface area contributed by atoms with Crippen LogP contribution >= 0.6 is 15.9 Å². The van der Waals surface area contributed by atoms with E-state index in [2.05, 4.69) is 30.9 Å². The number of aromatic nitrogens is 4. The number of likely N-dealkylation sites (tertiary alicyclic amines) is 1. The third kappa shape index (κ3) is 1.87. The number of H-pyrrole nitrogens is 1. The van der Waals surface area contributed by atoms with E-state index in [0.717, 1.165) is 22.5 Å². The summed E-state index contributed by atoms with van der Waals surface area (Å²) in [5, 5.41) is 9.97. The summed E-state index contributed by atoms with van der Waals surface area (Å²) in [7, 11) is 0. The summed E-state index contributed by atoms with van der Waals surface area (Å²) in [4.78, 5) is 25.6. The zero-order valence-electron chi connectivity index (χ0n) is 11.8. The first kappa shape index (κ1) is 13.7. The fourth-order valence-corrected chi connectivity index (χ4v) is 3.64. The molecule has 1 amide bonds. The molecule has 4 heterocycles. The van der Waals surface area contributed by atoms with Crippen molar-refractivity contribution in [1.29, 1.82) is 0 Å². The lowest BCUT2D eigenvalue weighted by Crippen LogP contribution is -2.30. The summed E-state index contributed by atoms with van der Waals surface area (Å²) in [6, 6.07) is 1.68. The Morgan fingerprint density at radius 2 is 2.32 bits per heavy atom. The summed E-state index contributed by atoms with van der Waals surface area (Å²) < 4.78 is 2.67. The van der Waals surface area contributed by atoms with Crippen LogP contribution in [-0.2, 0) is 4.79 Å². The largest absolute Gasteiger partial charge is 0.391 e. The number of nitrogens with zero attached hydrogens (tertiary/aromatic N) is 4. The first-order chi connectivity index (χ1) is 10.6. The highest BCUT2D eigenvalue weighted by molar-refractivity contribution is 9.10. The van der Waals surface area contributed by atoms with Gasteiger partial charge < -0.3 is 15.0 Å². The summed E-state index contributed by atoms with van der Waals surface area (Å²) in [6.45, 7) is 1.86. The molecule has 22 heavy (non-hydrogen) atoms. The third-order valence-corrected chi connectivity index (χ3v) is 4.72. The van der Waals surface area contributed by atoms with Crippen LogP contribution in [0.25, 0.3) is 16.7 Å². The van der Waals surface area contributed by atoms with E-state index in [9.17, 15) is 9.90 Å². The molecule has 2 N–H and O–H groups in total. The van der Waals surface area contributed by atoms with Gasteiger partial charge in [-0.3, -0.25) is 9.20 Å². The van der Waals surface area contributed by atoms with E-state index in [-0.39, 0.29) is 11.9 Å². The third-order valence-electron chi connectivity index (χ3n) is 4.14. The van der Waals surface area contributed by atoms with Crippen LogP contribution in [0.5, 0.6) is 0 Å². The lowest BCUT2D eigenvalue weighted by Gasteiger charge is -2.22. The van der Waals surface area contributed by atoms with Gasteiger partial charge in [0.2, 0.25) is 5.91 Å². The van der Waals surface area contributed by atoms with Gasteiger partial charge in [0.25, 0.3) is 0 Å². The summed E-state index contributed by atoms with van der Waals surface area (Å²) in [6.07, 6.45) is 3.52. The molecule has 0 aromatic carbocycles. The number of aliphatic hydroxyl groups excluding tert-OH is 1. The number of hydrogen-bond donors (Lipinski definition) is 2. The smallest absolute Gasteiger partial charge is 0.220 e. The Morgan fingerprint density at radius 1 is 1.50 bits per heavy atom. The first-order valence-corrected chi connectivity index (χ1v) is 7.80. The second kappa shape index (κ2) is 4.79. The molecule has 1 aliphatic rings. The van der Waals surface area contributed by atoms with Gasteiger partial charge in [-0.25, -0.2) is 9.97 Å². The van der Waals surface area contributed by atoms with Crippen molar-refractivity contribution in [3.8, 4) is 0 Å². The molecule has 4 rings (SSSR count). The molecule has 8 heteroatoms. The van der Waals surface area contributed by atoms with Crippen molar-refractivity contribution in [2.75, 3.05) is 6.54 Å². The highest BCUT2D eigenvalue weighted by atomic mass is 79.9. The zero-order chi connectivity index (χ0) is 15.4. The Morgan fingerprint density at radius 3 is 3.09 bits per heavy atom. The molecule has 3 aromatic rings. The number of fused-ring (bicyclic) bond motifs is 3. The van der Waals surface area contributed by atoms with Crippen LogP contribution in [-0.4, -0.2) is 47.9 Å². The van der Waals surface area contributed by atoms with E-state index >= 15 is 0 Å². The molecule has 0 aliphatic carbocycles. The minimum atomic E-state index is -0.524. The maximum Gasteiger partial charge on any atom is 0.220 e. The van der Waals surface area contributed by atoms with Crippen molar-refractivity contribution in [3.63, 3.8) is 0 Å². The van der Waals surface area contributed by atoms with Crippen LogP contribution in [0.2, 0.25) is 0 Å². The maximum atomic E-state index is 11.9. The average Bonchev–Trinajstić information content (AvgIpc) is 3.15. The normalized spacial score (nSPS) is 22.0. The van der Waals surface area contributed by atoms with Crippen molar-refractivity contribution in [2.24, 2.45) is 0 Å². The van der Waals surface area contributed by atoms with E-state index in [1.54, 1.807) is 11.1 Å². The molecule has 1 aliphatic heterocycles. The first-order valence-electron chi connectivity index (χ1n) is 7.01. The van der Waals surface area contributed by atoms with E-state index < -0.39 is 6.10 Å². The van der Waals surface area contributed by atoms with Gasteiger partial charge in [-0.2, -0.15) is 0 Å². The SMILES string of the molecule is CC(=O)N1C[C@H](O)C[C@@H]1c1nc(Br)c2cnc3[nH]ccc3n12. The minimum Gasteiger partial charge on any atom is -0.391 e. The molecule has 2 atom stereocenters. The summed E-state index contributed by atoms with van der Waals surface area (Å²) in [5.41, 5.74) is 2.49. The molecule has 1 fully saturated rings. The van der Waals surface area contributed by atoms with Crippen LogP contribution in [0.1, 0.15) is 25.2 Å². The Bertz CT molecular complexity index is 886. The molecule has 0 radical (unpaired) electrons. The van der Waals surface area contributed by atoms with Crippen molar-refractivity contribution < 1.29 is 9.90 Å². The van der Waals surface area contributed by atoms with Crippen LogP contribution in [0.4, 0.5) is 0 Å². The van der Waals surface area contributed by atoms with Crippen LogP contribution in [0.15, 0.2) is 23.1 Å². The predicted molar refractivity (Wildman–Crippen MR) is 83.3 cm³/mol. The standard InChI is InChI=1S/C14H14BrN5O2/c1-7(21)19-6-8(22)4-10(19)14-18-12(15)11-5-17-13-9(20(11)14)2-3-16-13/h2-3,5,8,10,16,22H,4,6H2,1H3/t8-,10-/m1/s1. The van der Waals surface area contributed by atoms with E-state index in [4.69, 9.17) is 0 Å². The second-order valence-electron chi connectivity index (χ2n) is 5.53. The Kier molecular flexibility index (Phi) is 2.98. The van der Waals surface area contributed by atoms with Gasteiger partial charge in [0.05, 0.1) is 29.4 Å². The van der Waals surface area contributed by atoms with Crippen molar-refractivity contribution in [1.82, 2.24) is 24.3 Å². The van der Waals surface area contributed by atoms with E-state index in [1.807, 2.05) is 16.7 Å². The highest BCUT2D eigenvalue weighted by Crippen LogP contribution is 2.35. The van der Waals surface area contributed by atoms with Crippen molar-refractivity contribution in [3.05, 3.63) is 28.9 Å².